The molecule has 0 bridgehead atoms. The van der Waals surface area contributed by atoms with E-state index in [-0.39, 0.29) is 6.17 Å². The topological polar surface area (TPSA) is 46.9 Å². The third-order valence-corrected chi connectivity index (χ3v) is 2.31. The lowest BCUT2D eigenvalue weighted by molar-refractivity contribution is 0.149. The molecule has 0 saturated heterocycles. The summed E-state index contributed by atoms with van der Waals surface area (Å²) < 4.78 is 0. The van der Waals surface area contributed by atoms with Crippen molar-refractivity contribution in [2.45, 2.75) is 19.5 Å². The van der Waals surface area contributed by atoms with Crippen LogP contribution in [0.1, 0.15) is 13.3 Å². The largest absolute Gasteiger partial charge is 0.286 e. The fraction of sp³-hybridized carbons (Fsp3) is 0.333. The highest BCUT2D eigenvalue weighted by Crippen LogP contribution is 2.37. The molecule has 2 N–H and O–H groups in total. The molecule has 1 aliphatic rings. The zero-order valence-electron chi connectivity index (χ0n) is 7.38. The highest BCUT2D eigenvalue weighted by Gasteiger charge is 2.32. The first-order valence-corrected chi connectivity index (χ1v) is 4.31. The van der Waals surface area contributed by atoms with Crippen molar-refractivity contribution in [3.05, 3.63) is 24.3 Å². The van der Waals surface area contributed by atoms with E-state index < -0.39 is 0 Å². The predicted octanol–water partition coefficient (Wildman–Crippen LogP) is 1.83. The summed E-state index contributed by atoms with van der Waals surface area (Å²) in [5.74, 6) is 0. The van der Waals surface area contributed by atoms with E-state index in [9.17, 15) is 10.4 Å². The van der Waals surface area contributed by atoms with Crippen molar-refractivity contribution < 1.29 is 10.4 Å². The Labute approximate surface area is 76.5 Å². The van der Waals surface area contributed by atoms with Gasteiger partial charge in [-0.1, -0.05) is 19.1 Å². The molecule has 4 heteroatoms. The average Bonchev–Trinajstić information content (AvgIpc) is 2.41. The van der Waals surface area contributed by atoms with E-state index in [0.717, 1.165) is 10.1 Å². The van der Waals surface area contributed by atoms with Crippen LogP contribution in [0.5, 0.6) is 0 Å². The highest BCUT2D eigenvalue weighted by molar-refractivity contribution is 5.74. The van der Waals surface area contributed by atoms with Crippen LogP contribution >= 0.6 is 0 Å². The number of hydrogen-bond donors (Lipinski definition) is 2. The molecule has 13 heavy (non-hydrogen) atoms. The van der Waals surface area contributed by atoms with Crippen LogP contribution in [0.25, 0.3) is 0 Å². The van der Waals surface area contributed by atoms with Gasteiger partial charge < -0.3 is 0 Å². The van der Waals surface area contributed by atoms with Crippen molar-refractivity contribution in [1.82, 2.24) is 0 Å². The molecule has 1 aliphatic heterocycles. The van der Waals surface area contributed by atoms with Crippen LogP contribution < -0.4 is 10.1 Å². The number of hydrogen-bond acceptors (Lipinski definition) is 4. The Hall–Kier alpha value is -1.26. The van der Waals surface area contributed by atoms with Gasteiger partial charge in [0.1, 0.15) is 0 Å². The van der Waals surface area contributed by atoms with E-state index in [1.165, 1.54) is 0 Å². The van der Waals surface area contributed by atoms with Gasteiger partial charge in [-0.3, -0.25) is 10.4 Å². The maximum absolute atomic E-state index is 9.64. The van der Waals surface area contributed by atoms with Gasteiger partial charge >= 0.3 is 0 Å². The van der Waals surface area contributed by atoms with Gasteiger partial charge in [0.2, 0.25) is 0 Å². The molecule has 2 rings (SSSR count). The Kier molecular flexibility index (Phi) is 1.86. The number of hydroxylamine groups is 2. The second-order valence-electron chi connectivity index (χ2n) is 3.07. The first-order chi connectivity index (χ1) is 6.25. The summed E-state index contributed by atoms with van der Waals surface area (Å²) in [5, 5.41) is 21.5. The van der Waals surface area contributed by atoms with Crippen LogP contribution in [-0.2, 0) is 0 Å². The molecule has 0 atom stereocenters. The molecule has 0 saturated carbocycles. The number of fused-ring (bicyclic) bond motifs is 1. The Morgan fingerprint density at radius 3 is 2.00 bits per heavy atom. The van der Waals surface area contributed by atoms with Crippen LogP contribution in [0.2, 0.25) is 0 Å². The van der Waals surface area contributed by atoms with Gasteiger partial charge in [-0.15, -0.1) is 0 Å². The summed E-state index contributed by atoms with van der Waals surface area (Å²) in [7, 11) is 0. The second-order valence-corrected chi connectivity index (χ2v) is 3.07. The maximum atomic E-state index is 9.64. The molecule has 0 radical (unpaired) electrons. The monoisotopic (exact) mass is 180 g/mol. The van der Waals surface area contributed by atoms with Crippen molar-refractivity contribution in [2.75, 3.05) is 10.1 Å². The Morgan fingerprint density at radius 2 is 1.62 bits per heavy atom. The summed E-state index contributed by atoms with van der Waals surface area (Å²) in [5.41, 5.74) is 1.30. The lowest BCUT2D eigenvalue weighted by Gasteiger charge is -2.22. The number of nitrogens with zero attached hydrogens (tertiary/aromatic N) is 2. The SMILES string of the molecule is CCC1N(O)c2ccccc2N1O. The number of benzene rings is 1. The fourth-order valence-electron chi connectivity index (χ4n) is 1.62. The van der Waals surface area contributed by atoms with E-state index >= 15 is 0 Å². The molecule has 0 aromatic heterocycles. The van der Waals surface area contributed by atoms with Gasteiger partial charge in [-0.2, -0.15) is 0 Å². The van der Waals surface area contributed by atoms with E-state index in [4.69, 9.17) is 0 Å². The highest BCUT2D eigenvalue weighted by atomic mass is 16.6. The standard InChI is InChI=1S/C9H12N2O2/c1-2-9-10(12)7-5-3-4-6-8(7)11(9)13/h3-6,9,12-13H,2H2,1H3. The molecule has 4 nitrogen and oxygen atoms in total. The minimum atomic E-state index is -0.364. The summed E-state index contributed by atoms with van der Waals surface area (Å²) >= 11 is 0. The van der Waals surface area contributed by atoms with Gasteiger partial charge in [0.15, 0.2) is 6.17 Å². The van der Waals surface area contributed by atoms with Crippen LogP contribution in [-0.4, -0.2) is 16.6 Å². The Morgan fingerprint density at radius 1 is 1.15 bits per heavy atom. The lowest BCUT2D eigenvalue weighted by Crippen LogP contribution is -2.39. The van der Waals surface area contributed by atoms with Crippen molar-refractivity contribution in [3.63, 3.8) is 0 Å². The molecule has 0 spiro atoms. The third kappa shape index (κ3) is 1.07. The van der Waals surface area contributed by atoms with Crippen molar-refractivity contribution in [2.24, 2.45) is 0 Å². The first kappa shape index (κ1) is 8.34. The molecule has 1 aromatic carbocycles. The Bertz CT molecular complexity index is 287. The van der Waals surface area contributed by atoms with Gasteiger partial charge in [0.25, 0.3) is 0 Å². The van der Waals surface area contributed by atoms with Crippen molar-refractivity contribution >= 4 is 11.4 Å². The van der Waals surface area contributed by atoms with Crippen LogP contribution in [0.4, 0.5) is 11.4 Å². The number of anilines is 2. The molecule has 0 aliphatic carbocycles. The van der Waals surface area contributed by atoms with E-state index in [2.05, 4.69) is 0 Å². The van der Waals surface area contributed by atoms with Crippen LogP contribution in [0.3, 0.4) is 0 Å². The molecule has 0 amide bonds. The molecule has 1 heterocycles. The normalized spacial score (nSPS) is 16.5. The summed E-state index contributed by atoms with van der Waals surface area (Å²) in [6, 6.07) is 7.20. The van der Waals surface area contributed by atoms with Crippen LogP contribution in [0, 0.1) is 0 Å². The second kappa shape index (κ2) is 2.90. The number of para-hydroxylation sites is 2. The molecule has 1 aromatic rings. The number of rotatable bonds is 1. The van der Waals surface area contributed by atoms with Crippen molar-refractivity contribution in [3.8, 4) is 0 Å². The Balaban J connectivity index is 2.44. The molecular formula is C9H12N2O2. The summed E-state index contributed by atoms with van der Waals surface area (Å²) in [6.45, 7) is 1.91. The maximum Gasteiger partial charge on any atom is 0.152 e. The molecule has 70 valence electrons. The van der Waals surface area contributed by atoms with Gasteiger partial charge in [-0.25, -0.2) is 10.1 Å². The van der Waals surface area contributed by atoms with Gasteiger partial charge in [0, 0.05) is 0 Å². The third-order valence-electron chi connectivity index (χ3n) is 2.31. The molecule has 0 unspecified atom stereocenters. The van der Waals surface area contributed by atoms with Gasteiger partial charge in [0.05, 0.1) is 11.4 Å². The first-order valence-electron chi connectivity index (χ1n) is 4.31. The smallest absolute Gasteiger partial charge is 0.152 e. The minimum absolute atomic E-state index is 0.364. The quantitative estimate of drug-likeness (QED) is 0.692. The van der Waals surface area contributed by atoms with E-state index in [0.29, 0.717) is 17.8 Å². The predicted molar refractivity (Wildman–Crippen MR) is 49.1 cm³/mol. The van der Waals surface area contributed by atoms with Gasteiger partial charge in [-0.05, 0) is 18.6 Å². The fourth-order valence-corrected chi connectivity index (χ4v) is 1.62. The molecular weight excluding hydrogens is 168 g/mol. The van der Waals surface area contributed by atoms with Crippen molar-refractivity contribution in [1.29, 1.82) is 0 Å². The lowest BCUT2D eigenvalue weighted by atomic mass is 10.3. The molecule has 0 fully saturated rings. The van der Waals surface area contributed by atoms with E-state index in [1.54, 1.807) is 12.1 Å². The summed E-state index contributed by atoms with van der Waals surface area (Å²) in [6.07, 6.45) is 0.291. The zero-order valence-corrected chi connectivity index (χ0v) is 7.38. The average molecular weight is 180 g/mol. The minimum Gasteiger partial charge on any atom is -0.286 e. The van der Waals surface area contributed by atoms with E-state index in [1.807, 2.05) is 19.1 Å². The summed E-state index contributed by atoms with van der Waals surface area (Å²) in [4.78, 5) is 0. The van der Waals surface area contributed by atoms with Crippen LogP contribution in [0.15, 0.2) is 24.3 Å². The zero-order chi connectivity index (χ0) is 9.42.